The van der Waals surface area contributed by atoms with Crippen LogP contribution in [0.25, 0.3) is 0 Å². The molecule has 62 valence electrons. The summed E-state index contributed by atoms with van der Waals surface area (Å²) in [5.74, 6) is 0. The third-order valence-electron chi connectivity index (χ3n) is 1.54. The summed E-state index contributed by atoms with van der Waals surface area (Å²) in [7, 11) is 0. The molecule has 1 nitrogen and oxygen atoms in total. The highest BCUT2D eigenvalue weighted by Crippen LogP contribution is 1.89. The number of aromatic nitrogens is 1. The fourth-order valence-corrected chi connectivity index (χ4v) is 0.939. The van der Waals surface area contributed by atoms with Crippen LogP contribution in [0, 0.1) is 6.92 Å². The van der Waals surface area contributed by atoms with Crippen LogP contribution in [0.3, 0.4) is 0 Å². The molecule has 0 atom stereocenters. The summed E-state index contributed by atoms with van der Waals surface area (Å²) in [5, 5.41) is 0. The molecule has 1 aromatic rings. The summed E-state index contributed by atoms with van der Waals surface area (Å²) in [4.78, 5) is 0. The average molecular weight is 264 g/mol. The van der Waals surface area contributed by atoms with Crippen molar-refractivity contribution in [3.8, 4) is 0 Å². The second-order valence-electron chi connectivity index (χ2n) is 2.61. The van der Waals surface area contributed by atoms with Gasteiger partial charge in [0.15, 0.2) is 12.4 Å². The Balaban J connectivity index is 0.000001000. The van der Waals surface area contributed by atoms with E-state index in [2.05, 4.69) is 42.9 Å². The van der Waals surface area contributed by atoms with E-state index in [-0.39, 0.29) is 24.0 Å². The Morgan fingerprint density at radius 1 is 1.27 bits per heavy atom. The van der Waals surface area contributed by atoms with E-state index < -0.39 is 0 Å². The number of hydrogen-bond donors (Lipinski definition) is 0. The molecule has 0 unspecified atom stereocenters. The zero-order valence-corrected chi connectivity index (χ0v) is 9.41. The first-order valence-corrected chi connectivity index (χ1v) is 3.78. The molecule has 0 aliphatic carbocycles. The summed E-state index contributed by atoms with van der Waals surface area (Å²) in [6.45, 7) is 5.42. The van der Waals surface area contributed by atoms with E-state index >= 15 is 0 Å². The van der Waals surface area contributed by atoms with Crippen molar-refractivity contribution in [3.05, 3.63) is 30.1 Å². The first-order valence-electron chi connectivity index (χ1n) is 3.78. The molecule has 0 fully saturated rings. The lowest BCUT2D eigenvalue weighted by atomic mass is 10.3. The quantitative estimate of drug-likeness (QED) is 0.570. The normalized spacial score (nSPS) is 8.91. The Morgan fingerprint density at radius 3 is 2.27 bits per heavy atom. The van der Waals surface area contributed by atoms with Gasteiger partial charge in [0.2, 0.25) is 0 Å². The maximum atomic E-state index is 2.20. The summed E-state index contributed by atoms with van der Waals surface area (Å²) < 4.78 is 2.20. The fourth-order valence-electron chi connectivity index (χ4n) is 0.939. The molecule has 0 bridgehead atoms. The molecule has 0 aliphatic heterocycles. The zero-order valence-electron chi connectivity index (χ0n) is 7.08. The van der Waals surface area contributed by atoms with Crippen LogP contribution in [0.5, 0.6) is 0 Å². The maximum Gasteiger partial charge on any atom is 0.169 e. The molecule has 0 saturated carbocycles. The van der Waals surface area contributed by atoms with Crippen molar-refractivity contribution in [3.63, 3.8) is 0 Å². The standard InChI is InChI=1S/C9H14N.HI/c1-3-6-10-7-4-9(2)5-8-10;/h4-5,7-8H,3,6H2,1-2H3;1H/q+1;. The Morgan fingerprint density at radius 2 is 1.82 bits per heavy atom. The van der Waals surface area contributed by atoms with Crippen LogP contribution in [-0.2, 0) is 6.54 Å². The molecule has 1 rings (SSSR count). The van der Waals surface area contributed by atoms with Gasteiger partial charge in [-0.05, 0) is 12.5 Å². The third-order valence-corrected chi connectivity index (χ3v) is 1.54. The van der Waals surface area contributed by atoms with Crippen molar-refractivity contribution in [2.24, 2.45) is 0 Å². The summed E-state index contributed by atoms with van der Waals surface area (Å²) in [5.41, 5.74) is 1.33. The van der Waals surface area contributed by atoms with Crippen LogP contribution in [0.1, 0.15) is 18.9 Å². The van der Waals surface area contributed by atoms with E-state index in [9.17, 15) is 0 Å². The SMILES string of the molecule is CCC[n+]1ccc(C)cc1.I. The van der Waals surface area contributed by atoms with E-state index in [0.717, 1.165) is 6.54 Å². The highest BCUT2D eigenvalue weighted by atomic mass is 127. The second-order valence-corrected chi connectivity index (χ2v) is 2.61. The lowest BCUT2D eigenvalue weighted by molar-refractivity contribution is -0.697. The van der Waals surface area contributed by atoms with Crippen LogP contribution in [0.4, 0.5) is 0 Å². The van der Waals surface area contributed by atoms with Crippen LogP contribution >= 0.6 is 24.0 Å². The van der Waals surface area contributed by atoms with Crippen molar-refractivity contribution in [2.75, 3.05) is 0 Å². The molecule has 0 aromatic carbocycles. The van der Waals surface area contributed by atoms with Gasteiger partial charge in [-0.3, -0.25) is 0 Å². The van der Waals surface area contributed by atoms with Crippen molar-refractivity contribution in [2.45, 2.75) is 26.8 Å². The topological polar surface area (TPSA) is 3.88 Å². The van der Waals surface area contributed by atoms with Gasteiger partial charge in [0, 0.05) is 18.6 Å². The monoisotopic (exact) mass is 264 g/mol. The highest BCUT2D eigenvalue weighted by Gasteiger charge is 1.94. The number of rotatable bonds is 2. The maximum absolute atomic E-state index is 2.20. The first kappa shape index (κ1) is 10.9. The molecule has 0 aliphatic rings. The van der Waals surface area contributed by atoms with Crippen molar-refractivity contribution >= 4 is 24.0 Å². The van der Waals surface area contributed by atoms with Crippen LogP contribution in [0.15, 0.2) is 24.5 Å². The van der Waals surface area contributed by atoms with Crippen molar-refractivity contribution in [1.82, 2.24) is 0 Å². The highest BCUT2D eigenvalue weighted by molar-refractivity contribution is 14.0. The van der Waals surface area contributed by atoms with Gasteiger partial charge in [-0.1, -0.05) is 6.92 Å². The molecule has 0 spiro atoms. The fraction of sp³-hybridized carbons (Fsp3) is 0.444. The average Bonchev–Trinajstić information content (AvgIpc) is 1.95. The Kier molecular flexibility index (Phi) is 5.46. The molecule has 1 aromatic heterocycles. The van der Waals surface area contributed by atoms with Gasteiger partial charge in [0.1, 0.15) is 6.54 Å². The van der Waals surface area contributed by atoms with Gasteiger partial charge in [-0.25, -0.2) is 4.57 Å². The molecule has 0 amide bonds. The molecule has 0 radical (unpaired) electrons. The van der Waals surface area contributed by atoms with Crippen LogP contribution in [-0.4, -0.2) is 0 Å². The van der Waals surface area contributed by atoms with E-state index in [1.54, 1.807) is 0 Å². The minimum absolute atomic E-state index is 0. The summed E-state index contributed by atoms with van der Waals surface area (Å²) in [6, 6.07) is 4.27. The Labute approximate surface area is 85.5 Å². The molecular weight excluding hydrogens is 249 g/mol. The number of pyridine rings is 1. The molecule has 11 heavy (non-hydrogen) atoms. The minimum Gasteiger partial charge on any atom is -0.205 e. The third kappa shape index (κ3) is 3.70. The largest absolute Gasteiger partial charge is 0.205 e. The molecule has 2 heteroatoms. The predicted molar refractivity (Wildman–Crippen MR) is 57.1 cm³/mol. The van der Waals surface area contributed by atoms with E-state index in [1.807, 2.05) is 0 Å². The van der Waals surface area contributed by atoms with Gasteiger partial charge >= 0.3 is 0 Å². The van der Waals surface area contributed by atoms with E-state index in [1.165, 1.54) is 12.0 Å². The number of hydrogen-bond acceptors (Lipinski definition) is 0. The number of aryl methyl sites for hydroxylation is 2. The number of nitrogens with zero attached hydrogens (tertiary/aromatic N) is 1. The smallest absolute Gasteiger partial charge is 0.169 e. The van der Waals surface area contributed by atoms with Crippen molar-refractivity contribution < 1.29 is 4.57 Å². The van der Waals surface area contributed by atoms with Crippen LogP contribution < -0.4 is 4.57 Å². The van der Waals surface area contributed by atoms with Gasteiger partial charge in [0.25, 0.3) is 0 Å². The van der Waals surface area contributed by atoms with Gasteiger partial charge in [-0.2, -0.15) is 0 Å². The predicted octanol–water partition coefficient (Wildman–Crippen LogP) is 2.31. The Bertz CT molecular complexity index is 193. The van der Waals surface area contributed by atoms with E-state index in [4.69, 9.17) is 0 Å². The molecule has 0 saturated heterocycles. The van der Waals surface area contributed by atoms with Gasteiger partial charge in [0.05, 0.1) is 0 Å². The van der Waals surface area contributed by atoms with E-state index in [0.29, 0.717) is 0 Å². The second kappa shape index (κ2) is 5.52. The molecular formula is C9H15IN+. The zero-order chi connectivity index (χ0) is 7.40. The molecule has 1 heterocycles. The minimum atomic E-state index is 0. The van der Waals surface area contributed by atoms with Gasteiger partial charge in [-0.15, -0.1) is 24.0 Å². The van der Waals surface area contributed by atoms with Crippen LogP contribution in [0.2, 0.25) is 0 Å². The number of halogens is 1. The van der Waals surface area contributed by atoms with Crippen molar-refractivity contribution in [1.29, 1.82) is 0 Å². The van der Waals surface area contributed by atoms with Gasteiger partial charge < -0.3 is 0 Å². The lowest BCUT2D eigenvalue weighted by Gasteiger charge is -1.92. The molecule has 0 N–H and O–H groups in total. The summed E-state index contributed by atoms with van der Waals surface area (Å²) >= 11 is 0. The lowest BCUT2D eigenvalue weighted by Crippen LogP contribution is -2.31. The summed E-state index contributed by atoms with van der Waals surface area (Å²) in [6.07, 6.45) is 5.45. The first-order chi connectivity index (χ1) is 4.83. The Hall–Kier alpha value is -0.120.